The SMILES string of the molecule is COc1ccc(C2=C/COCN3C=C(C4=CCN(C)CC4)C=C\C3=C\2)cc1C. The monoisotopic (exact) mass is 376 g/mol. The van der Waals surface area contributed by atoms with Gasteiger partial charge in [0.05, 0.1) is 13.7 Å². The molecule has 0 saturated carbocycles. The summed E-state index contributed by atoms with van der Waals surface area (Å²) in [4.78, 5) is 4.55. The average Bonchev–Trinajstić information content (AvgIpc) is 2.69. The molecule has 0 saturated heterocycles. The Balaban J connectivity index is 1.61. The lowest BCUT2D eigenvalue weighted by atomic mass is 9.96. The number of fused-ring (bicyclic) bond motifs is 1. The third-order valence-electron chi connectivity index (χ3n) is 5.53. The number of hydrogen-bond acceptors (Lipinski definition) is 4. The molecule has 4 nitrogen and oxygen atoms in total. The quantitative estimate of drug-likeness (QED) is 0.786. The first-order valence-electron chi connectivity index (χ1n) is 9.83. The van der Waals surface area contributed by atoms with Crippen LogP contribution in [0.25, 0.3) is 5.57 Å². The Kier molecular flexibility index (Phi) is 5.51. The van der Waals surface area contributed by atoms with E-state index in [4.69, 9.17) is 9.47 Å². The molecule has 0 aliphatic carbocycles. The van der Waals surface area contributed by atoms with Crippen molar-refractivity contribution in [2.45, 2.75) is 13.3 Å². The number of allylic oxidation sites excluding steroid dienone is 5. The Hall–Kier alpha value is -2.56. The van der Waals surface area contributed by atoms with Crippen molar-refractivity contribution in [3.8, 4) is 5.75 Å². The van der Waals surface area contributed by atoms with Crippen LogP contribution in [-0.4, -0.2) is 50.4 Å². The fourth-order valence-electron chi connectivity index (χ4n) is 3.80. The number of hydrogen-bond donors (Lipinski definition) is 0. The van der Waals surface area contributed by atoms with Crippen LogP contribution in [0.3, 0.4) is 0 Å². The molecule has 3 heterocycles. The summed E-state index contributed by atoms with van der Waals surface area (Å²) in [5, 5.41) is 0. The van der Waals surface area contributed by atoms with E-state index in [1.165, 1.54) is 22.3 Å². The molecule has 3 aliphatic rings. The second-order valence-corrected chi connectivity index (χ2v) is 7.54. The van der Waals surface area contributed by atoms with Crippen LogP contribution in [0.1, 0.15) is 17.5 Å². The zero-order chi connectivity index (χ0) is 19.5. The Labute approximate surface area is 167 Å². The highest BCUT2D eigenvalue weighted by Gasteiger charge is 2.18. The van der Waals surface area contributed by atoms with E-state index < -0.39 is 0 Å². The van der Waals surface area contributed by atoms with E-state index in [-0.39, 0.29) is 0 Å². The van der Waals surface area contributed by atoms with Crippen molar-refractivity contribution in [1.29, 1.82) is 0 Å². The van der Waals surface area contributed by atoms with Gasteiger partial charge >= 0.3 is 0 Å². The van der Waals surface area contributed by atoms with Gasteiger partial charge in [0.2, 0.25) is 0 Å². The second-order valence-electron chi connectivity index (χ2n) is 7.54. The van der Waals surface area contributed by atoms with Crippen molar-refractivity contribution in [2.24, 2.45) is 0 Å². The predicted molar refractivity (Wildman–Crippen MR) is 114 cm³/mol. The van der Waals surface area contributed by atoms with Crippen molar-refractivity contribution in [1.82, 2.24) is 9.80 Å². The van der Waals surface area contributed by atoms with Gasteiger partial charge in [0.1, 0.15) is 12.5 Å². The van der Waals surface area contributed by atoms with Gasteiger partial charge in [-0.25, -0.2) is 0 Å². The second kappa shape index (κ2) is 8.21. The van der Waals surface area contributed by atoms with Crippen LogP contribution in [0.15, 0.2) is 71.6 Å². The molecule has 0 fully saturated rings. The molecular formula is C24H28N2O2. The maximum atomic E-state index is 5.90. The highest BCUT2D eigenvalue weighted by molar-refractivity contribution is 5.76. The van der Waals surface area contributed by atoms with Crippen LogP contribution in [0, 0.1) is 6.92 Å². The number of aryl methyl sites for hydroxylation is 1. The van der Waals surface area contributed by atoms with Crippen molar-refractivity contribution in [3.63, 3.8) is 0 Å². The van der Waals surface area contributed by atoms with Crippen molar-refractivity contribution in [3.05, 3.63) is 82.7 Å². The van der Waals surface area contributed by atoms with E-state index in [9.17, 15) is 0 Å². The zero-order valence-corrected chi connectivity index (χ0v) is 16.9. The number of rotatable bonds is 3. The molecule has 28 heavy (non-hydrogen) atoms. The lowest BCUT2D eigenvalue weighted by molar-refractivity contribution is 0.0901. The van der Waals surface area contributed by atoms with Gasteiger partial charge in [0.15, 0.2) is 0 Å². The maximum Gasteiger partial charge on any atom is 0.123 e. The summed E-state index contributed by atoms with van der Waals surface area (Å²) >= 11 is 0. The van der Waals surface area contributed by atoms with E-state index in [1.807, 2.05) is 6.07 Å². The lowest BCUT2D eigenvalue weighted by Crippen LogP contribution is -2.26. The number of likely N-dealkylation sites (N-methyl/N-ethyl adjacent to an activating group) is 1. The summed E-state index contributed by atoms with van der Waals surface area (Å²) in [5.74, 6) is 0.914. The van der Waals surface area contributed by atoms with E-state index in [0.29, 0.717) is 13.3 Å². The molecule has 1 aromatic rings. The first-order valence-corrected chi connectivity index (χ1v) is 9.83. The number of methoxy groups -OCH3 is 1. The standard InChI is InChI=1S/C24H28N2O2/c1-18-14-20(5-7-24(18)27-3)21-10-13-28-17-26-16-22(4-6-23(26)15-21)19-8-11-25(2)12-9-19/h4-8,10,14-16H,9,11-13,17H2,1-3H3/b21-10+,23-15-. The molecule has 146 valence electrons. The average molecular weight is 377 g/mol. The van der Waals surface area contributed by atoms with Gasteiger partial charge in [0.25, 0.3) is 0 Å². The molecule has 3 aliphatic heterocycles. The minimum absolute atomic E-state index is 0.568. The molecule has 1 aromatic carbocycles. The predicted octanol–water partition coefficient (Wildman–Crippen LogP) is 4.28. The zero-order valence-electron chi connectivity index (χ0n) is 16.9. The fraction of sp³-hybridized carbons (Fsp3) is 0.333. The highest BCUT2D eigenvalue weighted by Crippen LogP contribution is 2.30. The summed E-state index contributed by atoms with van der Waals surface area (Å²) in [5.41, 5.74) is 7.35. The summed E-state index contributed by atoms with van der Waals surface area (Å²) in [7, 11) is 3.88. The summed E-state index contributed by atoms with van der Waals surface area (Å²) in [6.07, 6.45) is 14.5. The number of benzene rings is 1. The van der Waals surface area contributed by atoms with Gasteiger partial charge in [0, 0.05) is 25.0 Å². The lowest BCUT2D eigenvalue weighted by Gasteiger charge is -2.30. The minimum Gasteiger partial charge on any atom is -0.496 e. The molecule has 0 bridgehead atoms. The summed E-state index contributed by atoms with van der Waals surface area (Å²) in [6.45, 7) is 5.37. The van der Waals surface area contributed by atoms with Gasteiger partial charge in [-0.15, -0.1) is 0 Å². The minimum atomic E-state index is 0.568. The Morgan fingerprint density at radius 1 is 1.11 bits per heavy atom. The summed E-state index contributed by atoms with van der Waals surface area (Å²) in [6, 6.07) is 6.31. The molecule has 0 N–H and O–H groups in total. The summed E-state index contributed by atoms with van der Waals surface area (Å²) < 4.78 is 11.3. The smallest absolute Gasteiger partial charge is 0.123 e. The Bertz CT molecular complexity index is 905. The first kappa shape index (κ1) is 18.8. The van der Waals surface area contributed by atoms with Crippen LogP contribution in [0.2, 0.25) is 0 Å². The van der Waals surface area contributed by atoms with Crippen LogP contribution in [-0.2, 0) is 4.74 Å². The Morgan fingerprint density at radius 2 is 2.00 bits per heavy atom. The van der Waals surface area contributed by atoms with Crippen molar-refractivity contribution < 1.29 is 9.47 Å². The van der Waals surface area contributed by atoms with Crippen LogP contribution < -0.4 is 4.74 Å². The van der Waals surface area contributed by atoms with Crippen LogP contribution in [0.4, 0.5) is 0 Å². The molecular weight excluding hydrogens is 348 g/mol. The molecule has 0 aromatic heterocycles. The maximum absolute atomic E-state index is 5.90. The highest BCUT2D eigenvalue weighted by atomic mass is 16.5. The number of nitrogens with zero attached hydrogens (tertiary/aromatic N) is 2. The molecule has 0 atom stereocenters. The fourth-order valence-corrected chi connectivity index (χ4v) is 3.80. The first-order chi connectivity index (χ1) is 13.6. The third kappa shape index (κ3) is 3.98. The third-order valence-corrected chi connectivity index (χ3v) is 5.53. The van der Waals surface area contributed by atoms with Gasteiger partial charge < -0.3 is 19.3 Å². The van der Waals surface area contributed by atoms with Gasteiger partial charge in [-0.3, -0.25) is 0 Å². The van der Waals surface area contributed by atoms with E-state index in [2.05, 4.69) is 72.5 Å². The molecule has 4 rings (SSSR count). The number of ether oxygens (including phenoxy) is 2. The largest absolute Gasteiger partial charge is 0.496 e. The Morgan fingerprint density at radius 3 is 2.75 bits per heavy atom. The van der Waals surface area contributed by atoms with Crippen molar-refractivity contribution >= 4 is 5.57 Å². The van der Waals surface area contributed by atoms with Gasteiger partial charge in [-0.1, -0.05) is 24.3 Å². The van der Waals surface area contributed by atoms with Crippen LogP contribution >= 0.6 is 0 Å². The van der Waals surface area contributed by atoms with E-state index in [1.54, 1.807) is 7.11 Å². The molecule has 0 spiro atoms. The molecule has 0 unspecified atom stereocenters. The molecule has 4 heteroatoms. The van der Waals surface area contributed by atoms with Gasteiger partial charge in [-0.05, 0) is 72.5 Å². The van der Waals surface area contributed by atoms with Gasteiger partial charge in [-0.2, -0.15) is 0 Å². The van der Waals surface area contributed by atoms with Crippen LogP contribution in [0.5, 0.6) is 5.75 Å². The van der Waals surface area contributed by atoms with E-state index >= 15 is 0 Å². The molecule has 0 amide bonds. The topological polar surface area (TPSA) is 24.9 Å². The van der Waals surface area contributed by atoms with E-state index in [0.717, 1.165) is 36.5 Å². The van der Waals surface area contributed by atoms with Crippen molar-refractivity contribution in [2.75, 3.05) is 40.6 Å². The normalized spacial score (nSPS) is 24.0. The molecule has 0 radical (unpaired) electrons.